The molecule has 1 heterocycles. The van der Waals surface area contributed by atoms with Gasteiger partial charge in [0.05, 0.1) is 17.7 Å². The van der Waals surface area contributed by atoms with Crippen molar-refractivity contribution in [1.82, 2.24) is 15.1 Å². The molecule has 2 amide bonds. The first-order valence-corrected chi connectivity index (χ1v) is 11.9. The number of urea groups is 1. The van der Waals surface area contributed by atoms with E-state index in [-0.39, 0.29) is 12.1 Å². The second-order valence-electron chi connectivity index (χ2n) is 8.59. The zero-order chi connectivity index (χ0) is 22.6. The second-order valence-corrected chi connectivity index (χ2v) is 9.02. The summed E-state index contributed by atoms with van der Waals surface area (Å²) in [6.07, 6.45) is 5.63. The fraction of sp³-hybridized carbons (Fsp3) is 0.259. The number of anilines is 1. The SMILES string of the molecule is O=C(NC1CCCCC1)N(Cc1ccccc1)c1c2ccccc2nn1-c1ccc(Cl)cc1. The maximum absolute atomic E-state index is 13.7. The molecular formula is C27H27ClN4O. The Morgan fingerprint density at radius 3 is 2.39 bits per heavy atom. The lowest BCUT2D eigenvalue weighted by Crippen LogP contribution is -2.46. The maximum Gasteiger partial charge on any atom is 0.323 e. The molecule has 1 saturated carbocycles. The third-order valence-corrected chi connectivity index (χ3v) is 6.49. The molecule has 168 valence electrons. The topological polar surface area (TPSA) is 50.2 Å². The lowest BCUT2D eigenvalue weighted by molar-refractivity contribution is 0.237. The number of hydrogen-bond donors (Lipinski definition) is 1. The van der Waals surface area contributed by atoms with Crippen LogP contribution in [0.15, 0.2) is 78.9 Å². The van der Waals surface area contributed by atoms with Crippen molar-refractivity contribution < 1.29 is 4.79 Å². The summed E-state index contributed by atoms with van der Waals surface area (Å²) >= 11 is 6.14. The van der Waals surface area contributed by atoms with Crippen LogP contribution in [0.25, 0.3) is 16.6 Å². The van der Waals surface area contributed by atoms with Gasteiger partial charge in [0.2, 0.25) is 0 Å². The van der Waals surface area contributed by atoms with Crippen LogP contribution in [0.5, 0.6) is 0 Å². The Kier molecular flexibility index (Phi) is 6.31. The van der Waals surface area contributed by atoms with Crippen LogP contribution in [-0.2, 0) is 6.54 Å². The van der Waals surface area contributed by atoms with Gasteiger partial charge in [0.1, 0.15) is 5.82 Å². The highest BCUT2D eigenvalue weighted by Crippen LogP contribution is 2.32. The summed E-state index contributed by atoms with van der Waals surface area (Å²) in [6.45, 7) is 0.447. The lowest BCUT2D eigenvalue weighted by atomic mass is 9.96. The van der Waals surface area contributed by atoms with Crippen LogP contribution in [0.2, 0.25) is 5.02 Å². The Labute approximate surface area is 199 Å². The van der Waals surface area contributed by atoms with Crippen LogP contribution >= 0.6 is 11.6 Å². The molecule has 0 aliphatic heterocycles. The zero-order valence-electron chi connectivity index (χ0n) is 18.5. The normalized spacial score (nSPS) is 14.3. The average molecular weight is 459 g/mol. The van der Waals surface area contributed by atoms with E-state index < -0.39 is 0 Å². The number of halogens is 1. The van der Waals surface area contributed by atoms with Gasteiger partial charge in [-0.05, 0) is 54.8 Å². The van der Waals surface area contributed by atoms with Gasteiger partial charge in [-0.15, -0.1) is 0 Å². The summed E-state index contributed by atoms with van der Waals surface area (Å²) < 4.78 is 1.85. The molecule has 0 radical (unpaired) electrons. The molecule has 0 atom stereocenters. The second kappa shape index (κ2) is 9.67. The highest BCUT2D eigenvalue weighted by atomic mass is 35.5. The van der Waals surface area contributed by atoms with Crippen molar-refractivity contribution in [2.45, 2.75) is 44.7 Å². The van der Waals surface area contributed by atoms with Crippen molar-refractivity contribution >= 4 is 34.4 Å². The van der Waals surface area contributed by atoms with Crippen LogP contribution in [0, 0.1) is 0 Å². The third kappa shape index (κ3) is 4.74. The number of carbonyl (C=O) groups is 1. The molecule has 6 heteroatoms. The van der Waals surface area contributed by atoms with E-state index in [4.69, 9.17) is 16.7 Å². The summed E-state index contributed by atoms with van der Waals surface area (Å²) in [4.78, 5) is 15.6. The Balaban J connectivity index is 1.61. The fourth-order valence-corrected chi connectivity index (χ4v) is 4.68. The Bertz CT molecular complexity index is 1230. The van der Waals surface area contributed by atoms with E-state index in [0.717, 1.165) is 53.7 Å². The molecule has 0 spiro atoms. The van der Waals surface area contributed by atoms with E-state index in [1.165, 1.54) is 6.42 Å². The molecule has 5 rings (SSSR count). The van der Waals surface area contributed by atoms with E-state index >= 15 is 0 Å². The molecule has 0 saturated heterocycles. The van der Waals surface area contributed by atoms with Gasteiger partial charge in [0.25, 0.3) is 0 Å². The van der Waals surface area contributed by atoms with E-state index in [9.17, 15) is 4.79 Å². The molecule has 1 aromatic heterocycles. The first-order valence-electron chi connectivity index (χ1n) is 11.5. The highest BCUT2D eigenvalue weighted by molar-refractivity contribution is 6.30. The molecule has 1 N–H and O–H groups in total. The Morgan fingerprint density at radius 1 is 0.939 bits per heavy atom. The molecule has 3 aromatic carbocycles. The maximum atomic E-state index is 13.7. The highest BCUT2D eigenvalue weighted by Gasteiger charge is 2.27. The van der Waals surface area contributed by atoms with E-state index in [1.807, 2.05) is 88.4 Å². The van der Waals surface area contributed by atoms with Gasteiger partial charge < -0.3 is 5.32 Å². The van der Waals surface area contributed by atoms with Gasteiger partial charge in [-0.2, -0.15) is 5.10 Å². The number of carbonyl (C=O) groups excluding carboxylic acids is 1. The van der Waals surface area contributed by atoms with E-state index in [1.54, 1.807) is 0 Å². The van der Waals surface area contributed by atoms with Crippen molar-refractivity contribution in [2.75, 3.05) is 4.90 Å². The molecule has 33 heavy (non-hydrogen) atoms. The standard InChI is InChI=1S/C27H27ClN4O/c28-21-15-17-23(18-16-21)32-26(24-13-7-8-14-25(24)30-32)31(19-20-9-3-1-4-10-20)27(33)29-22-11-5-2-6-12-22/h1,3-4,7-10,13-18,22H,2,5-6,11-12,19H2,(H,29,33). The number of hydrogen-bond acceptors (Lipinski definition) is 2. The summed E-state index contributed by atoms with van der Waals surface area (Å²) in [7, 11) is 0. The Hall–Kier alpha value is -3.31. The van der Waals surface area contributed by atoms with Crippen molar-refractivity contribution in [3.05, 3.63) is 89.4 Å². The van der Waals surface area contributed by atoms with Crippen LogP contribution < -0.4 is 10.2 Å². The van der Waals surface area contributed by atoms with Crippen molar-refractivity contribution in [3.63, 3.8) is 0 Å². The summed E-state index contributed by atoms with van der Waals surface area (Å²) in [6, 6.07) is 25.7. The van der Waals surface area contributed by atoms with Crippen molar-refractivity contribution in [2.24, 2.45) is 0 Å². The summed E-state index contributed by atoms with van der Waals surface area (Å²) in [5.41, 5.74) is 2.75. The van der Waals surface area contributed by atoms with Gasteiger partial charge >= 0.3 is 6.03 Å². The van der Waals surface area contributed by atoms with E-state index in [2.05, 4.69) is 5.32 Å². The van der Waals surface area contributed by atoms with E-state index in [0.29, 0.717) is 11.6 Å². The largest absolute Gasteiger partial charge is 0.335 e. The molecule has 0 unspecified atom stereocenters. The molecule has 1 aliphatic rings. The minimum Gasteiger partial charge on any atom is -0.335 e. The number of amides is 2. The molecule has 1 fully saturated rings. The van der Waals surface area contributed by atoms with Crippen molar-refractivity contribution in [1.29, 1.82) is 0 Å². The van der Waals surface area contributed by atoms with Crippen LogP contribution in [-0.4, -0.2) is 21.9 Å². The first-order chi connectivity index (χ1) is 16.2. The summed E-state index contributed by atoms with van der Waals surface area (Å²) in [5.74, 6) is 0.755. The van der Waals surface area contributed by atoms with Gasteiger partial charge in [-0.1, -0.05) is 73.3 Å². The lowest BCUT2D eigenvalue weighted by Gasteiger charge is -2.29. The zero-order valence-corrected chi connectivity index (χ0v) is 19.2. The minimum atomic E-state index is -0.0911. The number of nitrogens with zero attached hydrogens (tertiary/aromatic N) is 3. The van der Waals surface area contributed by atoms with Gasteiger partial charge in [-0.25, -0.2) is 9.48 Å². The average Bonchev–Trinajstić information content (AvgIpc) is 3.23. The summed E-state index contributed by atoms with van der Waals surface area (Å²) in [5, 5.41) is 9.75. The number of fused-ring (bicyclic) bond motifs is 1. The monoisotopic (exact) mass is 458 g/mol. The molecule has 5 nitrogen and oxygen atoms in total. The molecule has 4 aromatic rings. The predicted molar refractivity (Wildman–Crippen MR) is 134 cm³/mol. The number of aromatic nitrogens is 2. The van der Waals surface area contributed by atoms with Crippen LogP contribution in [0.1, 0.15) is 37.7 Å². The third-order valence-electron chi connectivity index (χ3n) is 6.24. The fourth-order valence-electron chi connectivity index (χ4n) is 4.55. The molecule has 1 aliphatic carbocycles. The molecule has 0 bridgehead atoms. The number of rotatable bonds is 5. The predicted octanol–water partition coefficient (Wildman–Crippen LogP) is 6.73. The quantitative estimate of drug-likeness (QED) is 0.360. The first kappa shape index (κ1) is 21.5. The van der Waals surface area contributed by atoms with Crippen molar-refractivity contribution in [3.8, 4) is 5.69 Å². The number of benzene rings is 3. The minimum absolute atomic E-state index is 0.0911. The molecular weight excluding hydrogens is 432 g/mol. The van der Waals surface area contributed by atoms with Gasteiger partial charge in [0.15, 0.2) is 0 Å². The van der Waals surface area contributed by atoms with Crippen LogP contribution in [0.4, 0.5) is 10.6 Å². The van der Waals surface area contributed by atoms with Gasteiger partial charge in [-0.3, -0.25) is 4.90 Å². The Morgan fingerprint density at radius 2 is 1.64 bits per heavy atom. The van der Waals surface area contributed by atoms with Gasteiger partial charge in [0, 0.05) is 16.5 Å². The number of nitrogens with one attached hydrogen (secondary N) is 1. The van der Waals surface area contributed by atoms with Crippen LogP contribution in [0.3, 0.4) is 0 Å². The smallest absolute Gasteiger partial charge is 0.323 e.